The Kier molecular flexibility index (Phi) is 5.64. The molecular formula is C6H9BO3. The van der Waals surface area contributed by atoms with Crippen LogP contribution in [0.25, 0.3) is 0 Å². The molecule has 0 saturated carbocycles. The van der Waals surface area contributed by atoms with Crippen LogP contribution in [0.3, 0.4) is 0 Å². The summed E-state index contributed by atoms with van der Waals surface area (Å²) in [6.07, 6.45) is 6.47. The standard InChI is InChI=1S/C6H9BO3/c1-3-5-6-10-7(8)9-4-2/h1,4,8H,2,5-6H2. The van der Waals surface area contributed by atoms with E-state index < -0.39 is 7.32 Å². The van der Waals surface area contributed by atoms with E-state index in [-0.39, 0.29) is 6.61 Å². The predicted octanol–water partition coefficient (Wildman–Crippen LogP) is 0.164. The third-order valence-electron chi connectivity index (χ3n) is 0.719. The molecule has 0 rings (SSSR count). The average Bonchev–Trinajstić information content (AvgIpc) is 1.89. The van der Waals surface area contributed by atoms with Crippen LogP contribution < -0.4 is 0 Å². The summed E-state index contributed by atoms with van der Waals surface area (Å²) in [5.74, 6) is 2.35. The second-order valence-electron chi connectivity index (χ2n) is 1.43. The molecule has 0 fully saturated rings. The summed E-state index contributed by atoms with van der Waals surface area (Å²) in [6, 6.07) is 0. The van der Waals surface area contributed by atoms with Gasteiger partial charge in [-0.25, -0.2) is 0 Å². The fraction of sp³-hybridized carbons (Fsp3) is 0.333. The minimum Gasteiger partial charge on any atom is -0.519 e. The van der Waals surface area contributed by atoms with Gasteiger partial charge in [-0.05, 0) is 0 Å². The Hall–Kier alpha value is -0.915. The van der Waals surface area contributed by atoms with Crippen molar-refractivity contribution in [2.75, 3.05) is 6.61 Å². The quantitative estimate of drug-likeness (QED) is 0.256. The highest BCUT2D eigenvalue weighted by atomic mass is 16.7. The van der Waals surface area contributed by atoms with E-state index in [1.54, 1.807) is 0 Å². The van der Waals surface area contributed by atoms with Gasteiger partial charge in [0.05, 0.1) is 6.26 Å². The summed E-state index contributed by atoms with van der Waals surface area (Å²) in [6.45, 7) is 3.51. The first kappa shape index (κ1) is 9.08. The van der Waals surface area contributed by atoms with Crippen molar-refractivity contribution in [3.63, 3.8) is 0 Å². The average molecular weight is 140 g/mol. The molecule has 0 aromatic rings. The molecule has 0 saturated heterocycles. The van der Waals surface area contributed by atoms with Crippen molar-refractivity contribution in [3.8, 4) is 12.3 Å². The van der Waals surface area contributed by atoms with Gasteiger partial charge in [-0.3, -0.25) is 0 Å². The normalized spacial score (nSPS) is 8.00. The van der Waals surface area contributed by atoms with Gasteiger partial charge in [0.15, 0.2) is 0 Å². The SMILES string of the molecule is C#CCCOB(O)OC=C. The first-order valence-corrected chi connectivity index (χ1v) is 2.80. The zero-order valence-corrected chi connectivity index (χ0v) is 5.62. The molecule has 0 atom stereocenters. The summed E-state index contributed by atoms with van der Waals surface area (Å²) in [5.41, 5.74) is 0. The minimum absolute atomic E-state index is 0.283. The maximum absolute atomic E-state index is 8.69. The highest BCUT2D eigenvalue weighted by Gasteiger charge is 2.13. The Morgan fingerprint density at radius 2 is 2.50 bits per heavy atom. The molecule has 3 nitrogen and oxygen atoms in total. The van der Waals surface area contributed by atoms with E-state index in [4.69, 9.17) is 11.4 Å². The molecule has 54 valence electrons. The van der Waals surface area contributed by atoms with Crippen molar-refractivity contribution in [1.82, 2.24) is 0 Å². The number of rotatable bonds is 5. The zero-order chi connectivity index (χ0) is 7.82. The summed E-state index contributed by atoms with van der Waals surface area (Å²) in [7, 11) is -1.24. The Labute approximate surface area is 60.8 Å². The van der Waals surface area contributed by atoms with Crippen molar-refractivity contribution in [1.29, 1.82) is 0 Å². The van der Waals surface area contributed by atoms with E-state index in [1.165, 1.54) is 0 Å². The van der Waals surface area contributed by atoms with E-state index in [1.807, 2.05) is 0 Å². The van der Waals surface area contributed by atoms with Crippen molar-refractivity contribution in [2.24, 2.45) is 0 Å². The molecule has 4 heteroatoms. The molecule has 0 radical (unpaired) electrons. The minimum atomic E-state index is -1.24. The van der Waals surface area contributed by atoms with Gasteiger partial charge in [0.1, 0.15) is 0 Å². The zero-order valence-electron chi connectivity index (χ0n) is 5.62. The molecule has 10 heavy (non-hydrogen) atoms. The van der Waals surface area contributed by atoms with Crippen LogP contribution >= 0.6 is 0 Å². The molecule has 0 bridgehead atoms. The lowest BCUT2D eigenvalue weighted by molar-refractivity contribution is 0.180. The molecule has 0 heterocycles. The fourth-order valence-electron chi connectivity index (χ4n) is 0.340. The summed E-state index contributed by atoms with van der Waals surface area (Å²) in [4.78, 5) is 0. The summed E-state index contributed by atoms with van der Waals surface area (Å²) >= 11 is 0. The van der Waals surface area contributed by atoms with E-state index in [0.29, 0.717) is 6.42 Å². The first-order valence-electron chi connectivity index (χ1n) is 2.80. The maximum atomic E-state index is 8.69. The van der Waals surface area contributed by atoms with Gasteiger partial charge in [0, 0.05) is 13.0 Å². The van der Waals surface area contributed by atoms with Crippen molar-refractivity contribution in [2.45, 2.75) is 6.42 Å². The highest BCUT2D eigenvalue weighted by Crippen LogP contribution is 1.86. The third kappa shape index (κ3) is 5.23. The van der Waals surface area contributed by atoms with Crippen LogP contribution in [-0.4, -0.2) is 19.0 Å². The molecule has 1 N–H and O–H groups in total. The Balaban J connectivity index is 3.14. The Morgan fingerprint density at radius 3 is 3.00 bits per heavy atom. The lowest BCUT2D eigenvalue weighted by atomic mass is 10.2. The van der Waals surface area contributed by atoms with Crippen molar-refractivity contribution >= 4 is 7.32 Å². The van der Waals surface area contributed by atoms with Gasteiger partial charge in [-0.15, -0.1) is 12.3 Å². The second-order valence-corrected chi connectivity index (χ2v) is 1.43. The van der Waals surface area contributed by atoms with Crippen LogP contribution in [0.1, 0.15) is 6.42 Å². The van der Waals surface area contributed by atoms with E-state index >= 15 is 0 Å². The van der Waals surface area contributed by atoms with Crippen LogP contribution in [0.5, 0.6) is 0 Å². The number of hydrogen-bond acceptors (Lipinski definition) is 3. The number of terminal acetylenes is 1. The van der Waals surface area contributed by atoms with Gasteiger partial charge < -0.3 is 14.3 Å². The van der Waals surface area contributed by atoms with Crippen LogP contribution in [-0.2, 0) is 9.31 Å². The number of hydrogen-bond donors (Lipinski definition) is 1. The highest BCUT2D eigenvalue weighted by molar-refractivity contribution is 6.34. The third-order valence-corrected chi connectivity index (χ3v) is 0.719. The van der Waals surface area contributed by atoms with Crippen LogP contribution in [0.15, 0.2) is 12.8 Å². The molecular weight excluding hydrogens is 131 g/mol. The molecule has 0 aliphatic heterocycles. The Bertz CT molecular complexity index is 129. The molecule has 0 aliphatic carbocycles. The lowest BCUT2D eigenvalue weighted by Gasteiger charge is -2.02. The van der Waals surface area contributed by atoms with Crippen molar-refractivity contribution in [3.05, 3.63) is 12.8 Å². The first-order chi connectivity index (χ1) is 4.81. The smallest absolute Gasteiger partial charge is 0.519 e. The second kappa shape index (κ2) is 6.21. The largest absolute Gasteiger partial charge is 0.709 e. The fourth-order valence-corrected chi connectivity index (χ4v) is 0.340. The molecule has 0 spiro atoms. The predicted molar refractivity (Wildman–Crippen MR) is 38.7 cm³/mol. The Morgan fingerprint density at radius 1 is 1.80 bits per heavy atom. The molecule has 0 aromatic heterocycles. The topological polar surface area (TPSA) is 38.7 Å². The lowest BCUT2D eigenvalue weighted by Crippen LogP contribution is -2.20. The van der Waals surface area contributed by atoms with Crippen LogP contribution in [0, 0.1) is 12.3 Å². The van der Waals surface area contributed by atoms with Gasteiger partial charge >= 0.3 is 7.32 Å². The van der Waals surface area contributed by atoms with Gasteiger partial charge in [0.2, 0.25) is 0 Å². The van der Waals surface area contributed by atoms with E-state index in [2.05, 4.69) is 21.8 Å². The van der Waals surface area contributed by atoms with Gasteiger partial charge in [-0.1, -0.05) is 6.58 Å². The summed E-state index contributed by atoms with van der Waals surface area (Å²) in [5, 5.41) is 8.69. The molecule has 0 aromatic carbocycles. The maximum Gasteiger partial charge on any atom is 0.709 e. The van der Waals surface area contributed by atoms with Gasteiger partial charge in [-0.2, -0.15) is 0 Å². The molecule has 0 aliphatic rings. The molecule has 0 amide bonds. The van der Waals surface area contributed by atoms with Gasteiger partial charge in [0.25, 0.3) is 0 Å². The van der Waals surface area contributed by atoms with Crippen LogP contribution in [0.4, 0.5) is 0 Å². The van der Waals surface area contributed by atoms with Crippen LogP contribution in [0.2, 0.25) is 0 Å². The van der Waals surface area contributed by atoms with E-state index in [9.17, 15) is 0 Å². The van der Waals surface area contributed by atoms with E-state index in [0.717, 1.165) is 6.26 Å². The summed E-state index contributed by atoms with van der Waals surface area (Å²) < 4.78 is 9.06. The molecule has 0 unspecified atom stereocenters. The van der Waals surface area contributed by atoms with Crippen molar-refractivity contribution < 1.29 is 14.3 Å². The monoisotopic (exact) mass is 140 g/mol.